The quantitative estimate of drug-likeness (QED) is 0.846. The molecule has 0 saturated carbocycles. The molecule has 0 aliphatic heterocycles. The van der Waals surface area contributed by atoms with Crippen LogP contribution in [0.3, 0.4) is 0 Å². The average Bonchev–Trinajstić information content (AvgIpc) is 2.77. The number of carbonyl (C=O) groups excluding carboxylic acids is 1. The highest BCUT2D eigenvalue weighted by atomic mass is 35.6. The second kappa shape index (κ2) is 5.54. The van der Waals surface area contributed by atoms with Gasteiger partial charge in [0.1, 0.15) is 0 Å². The molecular weight excluding hydrogens is 336 g/mol. The van der Waals surface area contributed by atoms with Gasteiger partial charge in [-0.05, 0) is 24.3 Å². The second-order valence-corrected chi connectivity index (χ2v) is 6.09. The van der Waals surface area contributed by atoms with Crippen LogP contribution in [-0.4, -0.2) is 19.9 Å². The molecule has 0 radical (unpaired) electrons. The third-order valence-electron chi connectivity index (χ3n) is 1.99. The second-order valence-electron chi connectivity index (χ2n) is 3.37. The van der Waals surface area contributed by atoms with Crippen LogP contribution in [0.1, 0.15) is 0 Å². The molecule has 0 aliphatic rings. The largest absolute Gasteiger partial charge is 0.403 e. The molecule has 0 unspecified atom stereocenters. The van der Waals surface area contributed by atoms with Crippen LogP contribution in [0.15, 0.2) is 28.7 Å². The Morgan fingerprint density at radius 1 is 1.16 bits per heavy atom. The maximum Gasteiger partial charge on any atom is 0.322 e. The number of rotatable bonds is 2. The van der Waals surface area contributed by atoms with E-state index in [9.17, 15) is 4.79 Å². The van der Waals surface area contributed by atoms with Crippen LogP contribution >= 0.6 is 46.4 Å². The van der Waals surface area contributed by atoms with Gasteiger partial charge in [-0.3, -0.25) is 10.1 Å². The number of alkyl halides is 3. The summed E-state index contributed by atoms with van der Waals surface area (Å²) in [4.78, 5) is 11.4. The fourth-order valence-electron chi connectivity index (χ4n) is 1.15. The van der Waals surface area contributed by atoms with Crippen LogP contribution in [0.4, 0.5) is 6.01 Å². The molecule has 2 aromatic rings. The molecule has 100 valence electrons. The number of amides is 1. The summed E-state index contributed by atoms with van der Waals surface area (Å²) in [6.07, 6.45) is 0. The Bertz CT molecular complexity index is 592. The van der Waals surface area contributed by atoms with Crippen molar-refractivity contribution < 1.29 is 9.21 Å². The molecule has 1 aromatic heterocycles. The standard InChI is InChI=1S/C10H5Cl4N3O2/c11-6-3-1-5(2-4-6)7-16-17-9(19-7)15-8(18)10(12,13)14/h1-4H,(H,15,17,18). The van der Waals surface area contributed by atoms with Gasteiger partial charge in [-0.15, -0.1) is 5.10 Å². The fourth-order valence-corrected chi connectivity index (χ4v) is 1.42. The first-order valence-corrected chi connectivity index (χ1v) is 6.35. The Morgan fingerprint density at radius 2 is 1.79 bits per heavy atom. The first-order valence-electron chi connectivity index (χ1n) is 4.84. The van der Waals surface area contributed by atoms with Crippen LogP contribution < -0.4 is 5.32 Å². The lowest BCUT2D eigenvalue weighted by atomic mass is 10.2. The summed E-state index contributed by atoms with van der Waals surface area (Å²) >= 11 is 21.9. The summed E-state index contributed by atoms with van der Waals surface area (Å²) in [6.45, 7) is 0. The number of aromatic nitrogens is 2. The Labute approximate surface area is 127 Å². The van der Waals surface area contributed by atoms with Crippen molar-refractivity contribution in [1.82, 2.24) is 10.2 Å². The van der Waals surface area contributed by atoms with E-state index in [1.807, 2.05) is 0 Å². The SMILES string of the molecule is O=C(Nc1nnc(-c2ccc(Cl)cc2)o1)C(Cl)(Cl)Cl. The van der Waals surface area contributed by atoms with Crippen molar-refractivity contribution in [3.63, 3.8) is 0 Å². The van der Waals surface area contributed by atoms with Gasteiger partial charge in [0.05, 0.1) is 0 Å². The first kappa shape index (κ1) is 14.4. The highest BCUT2D eigenvalue weighted by Crippen LogP contribution is 2.28. The van der Waals surface area contributed by atoms with Crippen LogP contribution in [-0.2, 0) is 4.79 Å². The normalized spacial score (nSPS) is 11.4. The summed E-state index contributed by atoms with van der Waals surface area (Å²) in [5, 5.41) is 10.1. The van der Waals surface area contributed by atoms with E-state index in [2.05, 4.69) is 15.5 Å². The van der Waals surface area contributed by atoms with Gasteiger partial charge in [0, 0.05) is 10.6 Å². The van der Waals surface area contributed by atoms with Crippen molar-refractivity contribution in [1.29, 1.82) is 0 Å². The molecule has 0 atom stereocenters. The van der Waals surface area contributed by atoms with Crippen molar-refractivity contribution in [2.45, 2.75) is 3.79 Å². The molecule has 1 amide bonds. The first-order chi connectivity index (χ1) is 8.86. The summed E-state index contributed by atoms with van der Waals surface area (Å²) in [7, 11) is 0. The van der Waals surface area contributed by atoms with E-state index < -0.39 is 9.70 Å². The molecule has 0 fully saturated rings. The van der Waals surface area contributed by atoms with E-state index in [4.69, 9.17) is 50.8 Å². The predicted octanol–water partition coefficient (Wildman–Crippen LogP) is 3.70. The number of hydrogen-bond acceptors (Lipinski definition) is 4. The minimum Gasteiger partial charge on any atom is -0.403 e. The number of benzene rings is 1. The fraction of sp³-hybridized carbons (Fsp3) is 0.100. The highest BCUT2D eigenvalue weighted by Gasteiger charge is 2.31. The van der Waals surface area contributed by atoms with Gasteiger partial charge >= 0.3 is 6.01 Å². The summed E-state index contributed by atoms with van der Waals surface area (Å²) < 4.78 is 3.10. The average molecular weight is 341 g/mol. The number of carbonyl (C=O) groups is 1. The van der Waals surface area contributed by atoms with Gasteiger partial charge in [0.2, 0.25) is 5.89 Å². The lowest BCUT2D eigenvalue weighted by molar-refractivity contribution is -0.115. The third kappa shape index (κ3) is 3.73. The minimum absolute atomic E-state index is 0.165. The zero-order chi connectivity index (χ0) is 14.0. The monoisotopic (exact) mass is 339 g/mol. The summed E-state index contributed by atoms with van der Waals surface area (Å²) in [5.74, 6) is -0.680. The Kier molecular flexibility index (Phi) is 4.20. The number of hydrogen-bond donors (Lipinski definition) is 1. The molecule has 0 aliphatic carbocycles. The molecule has 1 heterocycles. The Balaban J connectivity index is 2.16. The number of nitrogens with zero attached hydrogens (tertiary/aromatic N) is 2. The summed E-state index contributed by atoms with van der Waals surface area (Å²) in [5.41, 5.74) is 0.645. The van der Waals surface area contributed by atoms with E-state index in [1.165, 1.54) is 0 Å². The van der Waals surface area contributed by atoms with E-state index in [1.54, 1.807) is 24.3 Å². The molecule has 0 bridgehead atoms. The van der Waals surface area contributed by atoms with Gasteiger partial charge in [-0.2, -0.15) is 0 Å². The van der Waals surface area contributed by atoms with Crippen molar-refractivity contribution in [3.05, 3.63) is 29.3 Å². The van der Waals surface area contributed by atoms with Crippen LogP contribution in [0.2, 0.25) is 5.02 Å². The van der Waals surface area contributed by atoms with E-state index >= 15 is 0 Å². The Hall–Kier alpha value is -1.01. The molecule has 19 heavy (non-hydrogen) atoms. The molecule has 2 rings (SSSR count). The van der Waals surface area contributed by atoms with Gasteiger partial charge in [0.15, 0.2) is 0 Å². The van der Waals surface area contributed by atoms with Crippen LogP contribution in [0.25, 0.3) is 11.5 Å². The smallest absolute Gasteiger partial charge is 0.322 e. The van der Waals surface area contributed by atoms with Crippen molar-refractivity contribution in [2.24, 2.45) is 0 Å². The zero-order valence-electron chi connectivity index (χ0n) is 9.03. The highest BCUT2D eigenvalue weighted by molar-refractivity contribution is 6.76. The Morgan fingerprint density at radius 3 is 2.37 bits per heavy atom. The van der Waals surface area contributed by atoms with Gasteiger partial charge < -0.3 is 4.42 Å². The van der Waals surface area contributed by atoms with Gasteiger partial charge in [-0.1, -0.05) is 51.5 Å². The van der Waals surface area contributed by atoms with Crippen LogP contribution in [0, 0.1) is 0 Å². The van der Waals surface area contributed by atoms with Crippen LogP contribution in [0.5, 0.6) is 0 Å². The van der Waals surface area contributed by atoms with Crippen molar-refractivity contribution >= 4 is 58.3 Å². The van der Waals surface area contributed by atoms with Gasteiger partial charge in [0.25, 0.3) is 9.70 Å². The topological polar surface area (TPSA) is 68.0 Å². The van der Waals surface area contributed by atoms with E-state index in [0.717, 1.165) is 0 Å². The van der Waals surface area contributed by atoms with E-state index in [-0.39, 0.29) is 11.9 Å². The molecule has 1 aromatic carbocycles. The summed E-state index contributed by atoms with van der Waals surface area (Å²) in [6, 6.07) is 6.55. The lowest BCUT2D eigenvalue weighted by Gasteiger charge is -2.07. The molecule has 0 saturated heterocycles. The van der Waals surface area contributed by atoms with E-state index in [0.29, 0.717) is 10.6 Å². The number of anilines is 1. The molecule has 5 nitrogen and oxygen atoms in total. The lowest BCUT2D eigenvalue weighted by Crippen LogP contribution is -2.27. The number of halogens is 4. The van der Waals surface area contributed by atoms with Crippen molar-refractivity contribution in [2.75, 3.05) is 5.32 Å². The maximum atomic E-state index is 11.4. The van der Waals surface area contributed by atoms with Crippen molar-refractivity contribution in [3.8, 4) is 11.5 Å². The zero-order valence-corrected chi connectivity index (χ0v) is 12.1. The molecule has 1 N–H and O–H groups in total. The number of nitrogens with one attached hydrogen (secondary N) is 1. The minimum atomic E-state index is -2.10. The maximum absolute atomic E-state index is 11.4. The molecular formula is C10H5Cl4N3O2. The third-order valence-corrected chi connectivity index (χ3v) is 2.76. The molecule has 9 heteroatoms. The molecule has 0 spiro atoms. The predicted molar refractivity (Wildman–Crippen MR) is 73.7 cm³/mol. The van der Waals surface area contributed by atoms with Gasteiger partial charge in [-0.25, -0.2) is 0 Å².